The fraction of sp³-hybridized carbons (Fsp3) is 0. The average Bonchev–Trinajstić information content (AvgIpc) is 3.22. The molecule has 2 nitrogen and oxygen atoms in total. The van der Waals surface area contributed by atoms with Gasteiger partial charge in [-0.05, 0) is 22.9 Å². The largest absolute Gasteiger partial charge is 0.172 e. The molecule has 0 amide bonds. The molecule has 21 heavy (non-hydrogen) atoms. The zero-order valence-corrected chi connectivity index (χ0v) is 14.3. The number of aromatic nitrogens is 2. The van der Waals surface area contributed by atoms with Crippen molar-refractivity contribution in [1.29, 1.82) is 0 Å². The van der Waals surface area contributed by atoms with Gasteiger partial charge in [0.25, 0.3) is 0 Å². The van der Waals surface area contributed by atoms with Crippen LogP contribution in [0.3, 0.4) is 0 Å². The summed E-state index contributed by atoms with van der Waals surface area (Å²) in [4.78, 5) is 0. The minimum absolute atomic E-state index is 1.09. The van der Waals surface area contributed by atoms with Gasteiger partial charge in [0.2, 0.25) is 0 Å². The van der Waals surface area contributed by atoms with Gasteiger partial charge in [-0.25, -0.2) is 0 Å². The molecule has 0 radical (unpaired) electrons. The van der Waals surface area contributed by atoms with Gasteiger partial charge >= 0.3 is 0 Å². The van der Waals surface area contributed by atoms with E-state index in [2.05, 4.69) is 31.6 Å². The van der Waals surface area contributed by atoms with Crippen molar-refractivity contribution < 1.29 is 0 Å². The lowest BCUT2D eigenvalue weighted by atomic mass is 10.1. The predicted molar refractivity (Wildman–Crippen MR) is 98.9 cm³/mol. The Morgan fingerprint density at radius 1 is 0.667 bits per heavy atom. The smallest absolute Gasteiger partial charge is 0.115 e. The van der Waals surface area contributed by atoms with Crippen molar-refractivity contribution in [2.45, 2.75) is 0 Å². The zero-order valence-electron chi connectivity index (χ0n) is 10.2. The molecule has 100 valence electrons. The Hall–Kier alpha value is -1.12. The first kappa shape index (κ1) is 11.4. The number of nitrogens with zero attached hydrogens (tertiary/aromatic N) is 2. The fourth-order valence-corrected chi connectivity index (χ4v) is 8.34. The molecular formula is C14H4N2S5. The Morgan fingerprint density at radius 2 is 1.19 bits per heavy atom. The van der Waals surface area contributed by atoms with Crippen LogP contribution in [0.1, 0.15) is 0 Å². The minimum atomic E-state index is 1.09. The summed E-state index contributed by atoms with van der Waals surface area (Å²) in [6.45, 7) is 0. The van der Waals surface area contributed by atoms with Gasteiger partial charge in [0.15, 0.2) is 0 Å². The van der Waals surface area contributed by atoms with Crippen molar-refractivity contribution in [2.24, 2.45) is 0 Å². The van der Waals surface area contributed by atoms with Crippen LogP contribution in [0.2, 0.25) is 0 Å². The van der Waals surface area contributed by atoms with E-state index in [0.717, 1.165) is 11.0 Å². The highest BCUT2D eigenvalue weighted by atomic mass is 32.1. The van der Waals surface area contributed by atoms with E-state index in [1.54, 1.807) is 0 Å². The summed E-state index contributed by atoms with van der Waals surface area (Å²) >= 11 is 8.75. The maximum Gasteiger partial charge on any atom is 0.115 e. The normalized spacial score (nSPS) is 12.8. The van der Waals surface area contributed by atoms with Crippen molar-refractivity contribution in [3.05, 3.63) is 22.9 Å². The van der Waals surface area contributed by atoms with Crippen molar-refractivity contribution in [3.8, 4) is 0 Å². The second kappa shape index (κ2) is 3.80. The van der Waals surface area contributed by atoms with E-state index in [1.165, 1.54) is 50.7 Å². The molecule has 0 spiro atoms. The van der Waals surface area contributed by atoms with Gasteiger partial charge in [-0.1, -0.05) is 0 Å². The first-order valence-electron chi connectivity index (χ1n) is 6.25. The molecule has 5 aromatic heterocycles. The monoisotopic (exact) mass is 360 g/mol. The molecule has 6 rings (SSSR count). The number of hydrogen-bond donors (Lipinski definition) is 0. The highest BCUT2D eigenvalue weighted by molar-refractivity contribution is 7.38. The van der Waals surface area contributed by atoms with Crippen LogP contribution in [0.25, 0.3) is 50.0 Å². The van der Waals surface area contributed by atoms with Crippen LogP contribution < -0.4 is 0 Å². The van der Waals surface area contributed by atoms with Gasteiger partial charge < -0.3 is 0 Å². The molecule has 5 heterocycles. The van der Waals surface area contributed by atoms with Crippen LogP contribution in [-0.4, -0.2) is 8.75 Å². The third kappa shape index (κ3) is 1.28. The second-order valence-electron chi connectivity index (χ2n) is 4.80. The maximum absolute atomic E-state index is 4.62. The van der Waals surface area contributed by atoms with Crippen LogP contribution in [0.15, 0.2) is 22.9 Å². The molecule has 0 saturated carbocycles. The van der Waals surface area contributed by atoms with Crippen molar-refractivity contribution >= 4 is 107 Å². The number of thiophene rings is 4. The third-order valence-electron chi connectivity index (χ3n) is 3.76. The molecule has 0 aliphatic heterocycles. The summed E-state index contributed by atoms with van der Waals surface area (Å²) in [5.74, 6) is 0. The Labute approximate surface area is 138 Å². The second-order valence-corrected chi connectivity index (χ2v) is 9.27. The predicted octanol–water partition coefficient (Wildman–Crippen LogP) is 6.55. The Kier molecular flexibility index (Phi) is 2.07. The Balaban J connectivity index is 2.12. The van der Waals surface area contributed by atoms with Crippen molar-refractivity contribution in [3.63, 3.8) is 0 Å². The lowest BCUT2D eigenvalue weighted by Gasteiger charge is -1.95. The number of hydrogen-bond acceptors (Lipinski definition) is 7. The van der Waals surface area contributed by atoms with Gasteiger partial charge in [0, 0.05) is 20.2 Å². The lowest BCUT2D eigenvalue weighted by Crippen LogP contribution is -1.73. The van der Waals surface area contributed by atoms with E-state index in [-0.39, 0.29) is 0 Å². The van der Waals surface area contributed by atoms with E-state index in [0.29, 0.717) is 0 Å². The molecule has 1 aromatic carbocycles. The minimum Gasteiger partial charge on any atom is -0.172 e. The number of rotatable bonds is 0. The number of fused-ring (bicyclic) bond motifs is 10. The topological polar surface area (TPSA) is 25.8 Å². The fourth-order valence-electron chi connectivity index (χ4n) is 2.91. The van der Waals surface area contributed by atoms with Gasteiger partial charge in [0.05, 0.1) is 30.5 Å². The summed E-state index contributed by atoms with van der Waals surface area (Å²) in [5, 5.41) is 6.97. The zero-order chi connectivity index (χ0) is 13.6. The van der Waals surface area contributed by atoms with E-state index < -0.39 is 0 Å². The van der Waals surface area contributed by atoms with E-state index in [9.17, 15) is 0 Å². The number of benzene rings is 1. The molecule has 0 atom stereocenters. The molecule has 0 bridgehead atoms. The molecule has 6 aromatic rings. The van der Waals surface area contributed by atoms with Gasteiger partial charge in [-0.15, -0.1) is 45.3 Å². The van der Waals surface area contributed by atoms with Crippen molar-refractivity contribution in [1.82, 2.24) is 8.75 Å². The Morgan fingerprint density at radius 3 is 1.71 bits per heavy atom. The van der Waals surface area contributed by atoms with Gasteiger partial charge in [0.1, 0.15) is 11.0 Å². The Bertz CT molecular complexity index is 1190. The highest BCUT2D eigenvalue weighted by Crippen LogP contribution is 2.50. The summed E-state index contributed by atoms with van der Waals surface area (Å²) in [6, 6.07) is 4.44. The third-order valence-corrected chi connectivity index (χ3v) is 8.88. The van der Waals surface area contributed by atoms with Gasteiger partial charge in [-0.2, -0.15) is 8.75 Å². The molecular weight excluding hydrogens is 357 g/mol. The van der Waals surface area contributed by atoms with Crippen molar-refractivity contribution in [2.75, 3.05) is 0 Å². The summed E-state index contributed by atoms with van der Waals surface area (Å²) in [7, 11) is 0. The first-order valence-corrected chi connectivity index (χ1v) is 10.4. The molecule has 0 N–H and O–H groups in total. The maximum atomic E-state index is 4.62. The van der Waals surface area contributed by atoms with E-state index >= 15 is 0 Å². The standard InChI is InChI=1S/C14H4N2S5/c1-3-17-11-5(1)19-13-7(11)9-10(16-21-15-9)8-12-6(2-4-18-12)20-14(8)13/h1-4H. The summed E-state index contributed by atoms with van der Waals surface area (Å²) in [5.41, 5.74) is 2.17. The molecule has 0 saturated heterocycles. The first-order chi connectivity index (χ1) is 10.4. The van der Waals surface area contributed by atoms with E-state index in [1.807, 2.05) is 45.3 Å². The van der Waals surface area contributed by atoms with Crippen LogP contribution in [-0.2, 0) is 0 Å². The summed E-state index contributed by atoms with van der Waals surface area (Å²) in [6.07, 6.45) is 0. The van der Waals surface area contributed by atoms with Crippen LogP contribution >= 0.6 is 57.1 Å². The summed E-state index contributed by atoms with van der Waals surface area (Å²) < 4.78 is 17.5. The van der Waals surface area contributed by atoms with Crippen LogP contribution in [0.5, 0.6) is 0 Å². The average molecular weight is 361 g/mol. The van der Waals surface area contributed by atoms with Crippen LogP contribution in [0.4, 0.5) is 0 Å². The quantitative estimate of drug-likeness (QED) is 0.307. The highest BCUT2D eigenvalue weighted by Gasteiger charge is 2.21. The van der Waals surface area contributed by atoms with Crippen LogP contribution in [0, 0.1) is 0 Å². The van der Waals surface area contributed by atoms with Gasteiger partial charge in [-0.3, -0.25) is 0 Å². The lowest BCUT2D eigenvalue weighted by molar-refractivity contribution is 1.72. The molecule has 0 aliphatic rings. The molecule has 0 aliphatic carbocycles. The molecule has 7 heteroatoms. The molecule has 0 unspecified atom stereocenters. The molecule has 0 fully saturated rings. The SMILES string of the molecule is c1cc2sc3c4sc5ccsc5c4c4nsnc4c3c2s1. The van der Waals surface area contributed by atoms with E-state index in [4.69, 9.17) is 0 Å².